The number of Topliss-reactive ketones (excluding diaryl/α,β-unsaturated/α-hetero) is 1. The lowest BCUT2D eigenvalue weighted by Crippen LogP contribution is -2.55. The molecule has 0 radical (unpaired) electrons. The number of hydrogen-bond acceptors (Lipinski definition) is 5. The third-order valence-electron chi connectivity index (χ3n) is 4.75. The molecule has 1 aromatic carbocycles. The summed E-state index contributed by atoms with van der Waals surface area (Å²) in [5.74, 6) is -0.483. The van der Waals surface area contributed by atoms with Gasteiger partial charge in [0, 0.05) is 43.9 Å². The molecule has 0 aromatic heterocycles. The number of urea groups is 1. The summed E-state index contributed by atoms with van der Waals surface area (Å²) in [6.07, 6.45) is 0.459. The zero-order valence-corrected chi connectivity index (χ0v) is 14.7. The van der Waals surface area contributed by atoms with E-state index >= 15 is 0 Å². The fourth-order valence-electron chi connectivity index (χ4n) is 3.23. The molecule has 4 amide bonds. The topological polar surface area (TPSA) is 98.8 Å². The van der Waals surface area contributed by atoms with Gasteiger partial charge in [-0.05, 0) is 37.6 Å². The fourth-order valence-corrected chi connectivity index (χ4v) is 3.23. The largest absolute Gasteiger partial charge is 0.368 e. The molecule has 2 aliphatic heterocycles. The van der Waals surface area contributed by atoms with Crippen LogP contribution in [0.25, 0.3) is 0 Å². The number of piperazine rings is 1. The predicted octanol–water partition coefficient (Wildman–Crippen LogP) is 0.526. The van der Waals surface area contributed by atoms with Gasteiger partial charge in [-0.25, -0.2) is 4.79 Å². The van der Waals surface area contributed by atoms with E-state index in [0.29, 0.717) is 38.2 Å². The Balaban J connectivity index is 1.57. The van der Waals surface area contributed by atoms with Crippen molar-refractivity contribution in [2.24, 2.45) is 0 Å². The molecule has 3 rings (SSSR count). The SMILES string of the molecule is CC(=O)c1ccc(N2CCN(C(=O)[C@@H]3CCC(=O)NC(=O)N3)CC2)cc1. The Labute approximate surface area is 151 Å². The van der Waals surface area contributed by atoms with Gasteiger partial charge >= 0.3 is 6.03 Å². The first kappa shape index (κ1) is 17.9. The molecule has 2 aliphatic rings. The number of hydrogen-bond donors (Lipinski definition) is 2. The van der Waals surface area contributed by atoms with Gasteiger partial charge < -0.3 is 15.1 Å². The zero-order valence-electron chi connectivity index (χ0n) is 14.7. The minimum absolute atomic E-state index is 0.0328. The minimum atomic E-state index is -0.664. The predicted molar refractivity (Wildman–Crippen MR) is 94.9 cm³/mol. The van der Waals surface area contributed by atoms with E-state index < -0.39 is 12.1 Å². The van der Waals surface area contributed by atoms with Gasteiger partial charge in [-0.1, -0.05) is 0 Å². The van der Waals surface area contributed by atoms with E-state index in [1.807, 2.05) is 12.1 Å². The summed E-state index contributed by atoms with van der Waals surface area (Å²) in [5.41, 5.74) is 1.69. The summed E-state index contributed by atoms with van der Waals surface area (Å²) in [4.78, 5) is 50.8. The van der Waals surface area contributed by atoms with E-state index in [9.17, 15) is 19.2 Å². The molecule has 0 aliphatic carbocycles. The van der Waals surface area contributed by atoms with E-state index in [1.165, 1.54) is 6.92 Å². The monoisotopic (exact) mass is 358 g/mol. The fraction of sp³-hybridized carbons (Fsp3) is 0.444. The van der Waals surface area contributed by atoms with Crippen molar-refractivity contribution in [2.45, 2.75) is 25.8 Å². The highest BCUT2D eigenvalue weighted by Gasteiger charge is 2.31. The molecule has 2 fully saturated rings. The van der Waals surface area contributed by atoms with Crippen LogP contribution in [-0.4, -0.2) is 60.7 Å². The van der Waals surface area contributed by atoms with Crippen LogP contribution < -0.4 is 15.5 Å². The summed E-state index contributed by atoms with van der Waals surface area (Å²) in [6, 6.07) is 6.16. The maximum absolute atomic E-state index is 12.6. The lowest BCUT2D eigenvalue weighted by molar-refractivity contribution is -0.133. The molecule has 1 aromatic rings. The molecule has 0 bridgehead atoms. The Bertz CT molecular complexity index is 723. The van der Waals surface area contributed by atoms with Gasteiger partial charge in [0.15, 0.2) is 5.78 Å². The Hall–Kier alpha value is -2.90. The number of ketones is 1. The van der Waals surface area contributed by atoms with Gasteiger partial charge in [-0.3, -0.25) is 19.7 Å². The van der Waals surface area contributed by atoms with Crippen molar-refractivity contribution in [1.29, 1.82) is 0 Å². The number of imide groups is 1. The Morgan fingerprint density at radius 3 is 2.31 bits per heavy atom. The first-order chi connectivity index (χ1) is 12.4. The number of carbonyl (C=O) groups excluding carboxylic acids is 4. The Kier molecular flexibility index (Phi) is 5.20. The van der Waals surface area contributed by atoms with Crippen LogP contribution in [-0.2, 0) is 9.59 Å². The summed E-state index contributed by atoms with van der Waals surface area (Å²) >= 11 is 0. The van der Waals surface area contributed by atoms with Crippen molar-refractivity contribution in [3.05, 3.63) is 29.8 Å². The van der Waals surface area contributed by atoms with Crippen molar-refractivity contribution in [2.75, 3.05) is 31.1 Å². The lowest BCUT2D eigenvalue weighted by Gasteiger charge is -2.37. The summed E-state index contributed by atoms with van der Waals surface area (Å²) < 4.78 is 0. The van der Waals surface area contributed by atoms with Crippen LogP contribution >= 0.6 is 0 Å². The summed E-state index contributed by atoms with van der Waals surface area (Å²) in [7, 11) is 0. The Morgan fingerprint density at radius 1 is 1.04 bits per heavy atom. The number of nitrogens with zero attached hydrogens (tertiary/aromatic N) is 2. The molecule has 8 heteroatoms. The third-order valence-corrected chi connectivity index (χ3v) is 4.75. The lowest BCUT2D eigenvalue weighted by atomic mass is 10.1. The van der Waals surface area contributed by atoms with Crippen LogP contribution in [0, 0.1) is 0 Å². The van der Waals surface area contributed by atoms with Gasteiger partial charge in [0.2, 0.25) is 11.8 Å². The maximum atomic E-state index is 12.6. The zero-order chi connectivity index (χ0) is 18.7. The molecule has 1 atom stereocenters. The molecule has 2 saturated heterocycles. The Morgan fingerprint density at radius 2 is 1.69 bits per heavy atom. The molecule has 26 heavy (non-hydrogen) atoms. The highest BCUT2D eigenvalue weighted by Crippen LogP contribution is 2.18. The smallest absolute Gasteiger partial charge is 0.322 e. The average molecular weight is 358 g/mol. The van der Waals surface area contributed by atoms with Crippen LogP contribution in [0.15, 0.2) is 24.3 Å². The number of amides is 4. The van der Waals surface area contributed by atoms with Crippen LogP contribution in [0.4, 0.5) is 10.5 Å². The van der Waals surface area contributed by atoms with E-state index in [2.05, 4.69) is 15.5 Å². The molecule has 0 unspecified atom stereocenters. The van der Waals surface area contributed by atoms with Crippen molar-refractivity contribution in [1.82, 2.24) is 15.5 Å². The van der Waals surface area contributed by atoms with E-state index in [0.717, 1.165) is 5.69 Å². The molecule has 0 saturated carbocycles. The summed E-state index contributed by atoms with van der Waals surface area (Å²) in [6.45, 7) is 3.96. The summed E-state index contributed by atoms with van der Waals surface area (Å²) in [5, 5.41) is 4.74. The standard InChI is InChI=1S/C18H22N4O4/c1-12(23)13-2-4-14(5-3-13)21-8-10-22(11-9-21)17(25)15-6-7-16(24)20-18(26)19-15/h2-5,15H,6-11H2,1H3,(H2,19,20,24,26)/t15-/m0/s1. The quantitative estimate of drug-likeness (QED) is 0.768. The van der Waals surface area contributed by atoms with Gasteiger partial charge in [0.05, 0.1) is 0 Å². The second-order valence-corrected chi connectivity index (χ2v) is 6.53. The van der Waals surface area contributed by atoms with Gasteiger partial charge in [0.1, 0.15) is 6.04 Å². The molecule has 8 nitrogen and oxygen atoms in total. The number of anilines is 1. The van der Waals surface area contributed by atoms with E-state index in [-0.39, 0.29) is 24.0 Å². The highest BCUT2D eigenvalue weighted by molar-refractivity contribution is 5.98. The van der Waals surface area contributed by atoms with Crippen LogP contribution in [0.3, 0.4) is 0 Å². The average Bonchev–Trinajstić information content (AvgIpc) is 2.81. The van der Waals surface area contributed by atoms with Crippen molar-refractivity contribution >= 4 is 29.3 Å². The van der Waals surface area contributed by atoms with Crippen LogP contribution in [0.2, 0.25) is 0 Å². The van der Waals surface area contributed by atoms with Crippen molar-refractivity contribution in [3.8, 4) is 0 Å². The van der Waals surface area contributed by atoms with Gasteiger partial charge in [-0.15, -0.1) is 0 Å². The van der Waals surface area contributed by atoms with Gasteiger partial charge in [0.25, 0.3) is 0 Å². The second-order valence-electron chi connectivity index (χ2n) is 6.53. The van der Waals surface area contributed by atoms with Crippen LogP contribution in [0.5, 0.6) is 0 Å². The van der Waals surface area contributed by atoms with Gasteiger partial charge in [-0.2, -0.15) is 0 Å². The molecule has 2 N–H and O–H groups in total. The molecular weight excluding hydrogens is 336 g/mol. The first-order valence-corrected chi connectivity index (χ1v) is 8.69. The van der Waals surface area contributed by atoms with Crippen molar-refractivity contribution < 1.29 is 19.2 Å². The number of nitrogens with one attached hydrogen (secondary N) is 2. The number of rotatable bonds is 3. The highest BCUT2D eigenvalue weighted by atomic mass is 16.2. The minimum Gasteiger partial charge on any atom is -0.368 e. The van der Waals surface area contributed by atoms with Crippen LogP contribution in [0.1, 0.15) is 30.1 Å². The molecule has 2 heterocycles. The first-order valence-electron chi connectivity index (χ1n) is 8.69. The number of carbonyl (C=O) groups is 4. The maximum Gasteiger partial charge on any atom is 0.322 e. The normalized spacial score (nSPS) is 20.9. The molecular formula is C18H22N4O4. The van der Waals surface area contributed by atoms with Crippen molar-refractivity contribution in [3.63, 3.8) is 0 Å². The molecule has 138 valence electrons. The second kappa shape index (κ2) is 7.55. The third kappa shape index (κ3) is 4.01. The van der Waals surface area contributed by atoms with E-state index in [1.54, 1.807) is 17.0 Å². The molecule has 0 spiro atoms. The van der Waals surface area contributed by atoms with E-state index in [4.69, 9.17) is 0 Å². The number of benzene rings is 1.